The average Bonchev–Trinajstić information content (AvgIpc) is 3.02. The molecule has 1 atom stereocenters. The Bertz CT molecular complexity index is 582. The number of nitrogens with one attached hydrogen (secondary N) is 1. The predicted octanol–water partition coefficient (Wildman–Crippen LogP) is 2.56. The van der Waals surface area contributed by atoms with E-state index in [1.54, 1.807) is 4.90 Å². The topological polar surface area (TPSA) is 69.6 Å². The summed E-state index contributed by atoms with van der Waals surface area (Å²) in [5.74, 6) is -0.226. The van der Waals surface area contributed by atoms with Crippen molar-refractivity contribution < 1.29 is 14.7 Å². The molecular formula is C19H26N2O3. The number of anilines is 1. The Hall–Kier alpha value is -1.88. The van der Waals surface area contributed by atoms with Crippen LogP contribution in [0.3, 0.4) is 0 Å². The summed E-state index contributed by atoms with van der Waals surface area (Å²) in [5, 5.41) is 13.4. The lowest BCUT2D eigenvalue weighted by molar-refractivity contribution is -0.139. The number of para-hydroxylation sites is 1. The van der Waals surface area contributed by atoms with E-state index in [9.17, 15) is 14.7 Å². The van der Waals surface area contributed by atoms with Crippen molar-refractivity contribution in [3.63, 3.8) is 0 Å². The quantitative estimate of drug-likeness (QED) is 0.891. The molecule has 1 unspecified atom stereocenters. The van der Waals surface area contributed by atoms with E-state index >= 15 is 0 Å². The van der Waals surface area contributed by atoms with Gasteiger partial charge in [-0.3, -0.25) is 9.59 Å². The highest BCUT2D eigenvalue weighted by atomic mass is 16.3. The molecule has 1 aromatic carbocycles. The maximum atomic E-state index is 12.5. The lowest BCUT2D eigenvalue weighted by Crippen LogP contribution is -2.46. The number of nitrogens with zero attached hydrogens (tertiary/aromatic N) is 1. The summed E-state index contributed by atoms with van der Waals surface area (Å²) < 4.78 is 0. The molecule has 5 nitrogen and oxygen atoms in total. The van der Waals surface area contributed by atoms with Gasteiger partial charge < -0.3 is 15.3 Å². The predicted molar refractivity (Wildman–Crippen MR) is 92.4 cm³/mol. The zero-order valence-corrected chi connectivity index (χ0v) is 14.0. The van der Waals surface area contributed by atoms with Crippen LogP contribution in [0, 0.1) is 5.92 Å². The van der Waals surface area contributed by atoms with Crippen LogP contribution in [0.4, 0.5) is 5.69 Å². The molecule has 0 aromatic heterocycles. The van der Waals surface area contributed by atoms with Crippen LogP contribution in [-0.4, -0.2) is 40.5 Å². The second-order valence-electron chi connectivity index (χ2n) is 7.14. The Labute approximate surface area is 143 Å². The molecule has 24 heavy (non-hydrogen) atoms. The molecule has 1 heterocycles. The molecule has 0 bridgehead atoms. The highest BCUT2D eigenvalue weighted by Crippen LogP contribution is 2.33. The van der Waals surface area contributed by atoms with Gasteiger partial charge >= 0.3 is 0 Å². The standard InChI is InChI=1S/C19H26N2O3/c22-17(13-19(24)10-4-5-11-19)21-12-6-7-15(14-21)18(23)20-16-8-2-1-3-9-16/h1-3,8-9,15,24H,4-7,10-14H2,(H,20,23). The number of rotatable bonds is 4. The summed E-state index contributed by atoms with van der Waals surface area (Å²) in [6.45, 7) is 1.14. The first kappa shape index (κ1) is 17.0. The molecule has 1 aromatic rings. The van der Waals surface area contributed by atoms with Crippen molar-refractivity contribution in [3.05, 3.63) is 30.3 Å². The van der Waals surface area contributed by atoms with Crippen LogP contribution >= 0.6 is 0 Å². The Morgan fingerprint density at radius 2 is 1.88 bits per heavy atom. The zero-order valence-electron chi connectivity index (χ0n) is 14.0. The van der Waals surface area contributed by atoms with Crippen molar-refractivity contribution in [2.75, 3.05) is 18.4 Å². The second-order valence-corrected chi connectivity index (χ2v) is 7.14. The molecule has 1 saturated carbocycles. The van der Waals surface area contributed by atoms with Gasteiger partial charge in [-0.1, -0.05) is 31.0 Å². The number of hydrogen-bond donors (Lipinski definition) is 2. The van der Waals surface area contributed by atoms with Gasteiger partial charge in [0.05, 0.1) is 17.9 Å². The van der Waals surface area contributed by atoms with E-state index in [0.717, 1.165) is 31.4 Å². The van der Waals surface area contributed by atoms with Crippen LogP contribution in [-0.2, 0) is 9.59 Å². The van der Waals surface area contributed by atoms with Gasteiger partial charge in [-0.15, -0.1) is 0 Å². The maximum absolute atomic E-state index is 12.5. The van der Waals surface area contributed by atoms with Crippen molar-refractivity contribution in [1.29, 1.82) is 0 Å². The molecule has 0 radical (unpaired) electrons. The van der Waals surface area contributed by atoms with Crippen molar-refractivity contribution in [2.24, 2.45) is 5.92 Å². The zero-order chi connectivity index (χ0) is 17.0. The fourth-order valence-electron chi connectivity index (χ4n) is 3.79. The molecule has 2 amide bonds. The van der Waals surface area contributed by atoms with Gasteiger partial charge in [-0.05, 0) is 37.8 Å². The van der Waals surface area contributed by atoms with Gasteiger partial charge in [0.2, 0.25) is 11.8 Å². The molecular weight excluding hydrogens is 304 g/mol. The SMILES string of the molecule is O=C(Nc1ccccc1)C1CCCN(C(=O)CC2(O)CCCC2)C1. The van der Waals surface area contributed by atoms with Crippen LogP contribution in [0.1, 0.15) is 44.9 Å². The van der Waals surface area contributed by atoms with Gasteiger partial charge in [-0.2, -0.15) is 0 Å². The molecule has 1 aliphatic heterocycles. The average molecular weight is 330 g/mol. The maximum Gasteiger partial charge on any atom is 0.229 e. The summed E-state index contributed by atoms with van der Waals surface area (Å²) >= 11 is 0. The third kappa shape index (κ3) is 4.15. The van der Waals surface area contributed by atoms with Crippen LogP contribution in [0.25, 0.3) is 0 Å². The Morgan fingerprint density at radius 3 is 2.58 bits per heavy atom. The van der Waals surface area contributed by atoms with Gasteiger partial charge in [0.1, 0.15) is 0 Å². The van der Waals surface area contributed by atoms with Crippen LogP contribution in [0.15, 0.2) is 30.3 Å². The molecule has 130 valence electrons. The second kappa shape index (κ2) is 7.34. The lowest BCUT2D eigenvalue weighted by atomic mass is 9.93. The molecule has 3 rings (SSSR count). The van der Waals surface area contributed by atoms with E-state index in [2.05, 4.69) is 5.32 Å². The number of piperidine rings is 1. The normalized spacial score (nSPS) is 23.0. The van der Waals surface area contributed by atoms with Crippen molar-refractivity contribution in [2.45, 2.75) is 50.5 Å². The molecule has 5 heteroatoms. The lowest BCUT2D eigenvalue weighted by Gasteiger charge is -2.34. The summed E-state index contributed by atoms with van der Waals surface area (Å²) in [7, 11) is 0. The Kier molecular flexibility index (Phi) is 5.19. The van der Waals surface area contributed by atoms with E-state index in [1.165, 1.54) is 0 Å². The minimum atomic E-state index is -0.823. The van der Waals surface area contributed by atoms with Gasteiger partial charge in [0.25, 0.3) is 0 Å². The number of carbonyl (C=O) groups excluding carboxylic acids is 2. The highest BCUT2D eigenvalue weighted by molar-refractivity contribution is 5.93. The fourth-order valence-corrected chi connectivity index (χ4v) is 3.79. The third-order valence-corrected chi connectivity index (χ3v) is 5.20. The highest BCUT2D eigenvalue weighted by Gasteiger charge is 2.36. The van der Waals surface area contributed by atoms with Crippen LogP contribution in [0.5, 0.6) is 0 Å². The van der Waals surface area contributed by atoms with E-state index in [0.29, 0.717) is 25.9 Å². The summed E-state index contributed by atoms with van der Waals surface area (Å²) in [4.78, 5) is 26.7. The first-order chi connectivity index (χ1) is 11.6. The number of amides is 2. The number of likely N-dealkylation sites (tertiary alicyclic amines) is 1. The minimum absolute atomic E-state index is 0.0170. The first-order valence-electron chi connectivity index (χ1n) is 8.92. The molecule has 0 spiro atoms. The molecule has 1 saturated heterocycles. The van der Waals surface area contributed by atoms with Crippen molar-refractivity contribution >= 4 is 17.5 Å². The number of carbonyl (C=O) groups is 2. The number of hydrogen-bond acceptors (Lipinski definition) is 3. The number of benzene rings is 1. The largest absolute Gasteiger partial charge is 0.389 e. The van der Waals surface area contributed by atoms with E-state index in [-0.39, 0.29) is 24.2 Å². The summed E-state index contributed by atoms with van der Waals surface area (Å²) in [5.41, 5.74) is -0.0396. The van der Waals surface area contributed by atoms with Crippen molar-refractivity contribution in [1.82, 2.24) is 4.90 Å². The molecule has 2 aliphatic rings. The summed E-state index contributed by atoms with van der Waals surface area (Å²) in [6, 6.07) is 9.39. The van der Waals surface area contributed by atoms with Gasteiger partial charge in [0.15, 0.2) is 0 Å². The first-order valence-corrected chi connectivity index (χ1v) is 8.92. The smallest absolute Gasteiger partial charge is 0.229 e. The molecule has 2 N–H and O–H groups in total. The van der Waals surface area contributed by atoms with Gasteiger partial charge in [-0.25, -0.2) is 0 Å². The summed E-state index contributed by atoms with van der Waals surface area (Å²) in [6.07, 6.45) is 5.23. The van der Waals surface area contributed by atoms with E-state index in [4.69, 9.17) is 0 Å². The monoisotopic (exact) mass is 330 g/mol. The van der Waals surface area contributed by atoms with Crippen LogP contribution in [0.2, 0.25) is 0 Å². The molecule has 1 aliphatic carbocycles. The fraction of sp³-hybridized carbons (Fsp3) is 0.579. The van der Waals surface area contributed by atoms with E-state index in [1.807, 2.05) is 30.3 Å². The Balaban J connectivity index is 1.55. The van der Waals surface area contributed by atoms with Crippen LogP contribution < -0.4 is 5.32 Å². The third-order valence-electron chi connectivity index (χ3n) is 5.20. The van der Waals surface area contributed by atoms with E-state index < -0.39 is 5.60 Å². The minimum Gasteiger partial charge on any atom is -0.389 e. The molecule has 2 fully saturated rings. The van der Waals surface area contributed by atoms with Gasteiger partial charge in [0, 0.05) is 18.8 Å². The Morgan fingerprint density at radius 1 is 1.17 bits per heavy atom. The van der Waals surface area contributed by atoms with Crippen molar-refractivity contribution in [3.8, 4) is 0 Å². The number of aliphatic hydroxyl groups is 1.